The molecule has 20 heavy (non-hydrogen) atoms. The van der Waals surface area contributed by atoms with Gasteiger partial charge in [-0.3, -0.25) is 0 Å². The van der Waals surface area contributed by atoms with Crippen molar-refractivity contribution in [3.05, 3.63) is 18.3 Å². The van der Waals surface area contributed by atoms with Crippen LogP contribution in [0.1, 0.15) is 33.1 Å². The van der Waals surface area contributed by atoms with Crippen LogP contribution in [0.15, 0.2) is 18.3 Å². The zero-order valence-corrected chi connectivity index (χ0v) is 12.9. The normalized spacial score (nSPS) is 16.7. The third-order valence-corrected chi connectivity index (χ3v) is 3.83. The van der Waals surface area contributed by atoms with E-state index in [2.05, 4.69) is 29.0 Å². The number of nitrogens with zero attached hydrogens (tertiary/aromatic N) is 2. The first-order valence-corrected chi connectivity index (χ1v) is 7.72. The standard InChI is InChI=1S/C16H27N3O/c1-13(2)20-15-5-4-9-18-16(15)19-11-7-14(8-12-19)6-10-17-3/h4-5,9,13-14,17H,6-8,10-12H2,1-3H3. The minimum Gasteiger partial charge on any atom is -0.487 e. The summed E-state index contributed by atoms with van der Waals surface area (Å²) in [6.07, 6.45) is 5.82. The highest BCUT2D eigenvalue weighted by Gasteiger charge is 2.22. The quantitative estimate of drug-likeness (QED) is 0.867. The average molecular weight is 277 g/mol. The third kappa shape index (κ3) is 4.10. The van der Waals surface area contributed by atoms with Crippen molar-refractivity contribution in [1.82, 2.24) is 10.3 Å². The van der Waals surface area contributed by atoms with Crippen molar-refractivity contribution in [2.45, 2.75) is 39.2 Å². The SMILES string of the molecule is CNCCC1CCN(c2ncccc2OC(C)C)CC1. The topological polar surface area (TPSA) is 37.4 Å². The molecule has 4 heteroatoms. The molecule has 4 nitrogen and oxygen atoms in total. The van der Waals surface area contributed by atoms with E-state index in [9.17, 15) is 0 Å². The second-order valence-electron chi connectivity index (χ2n) is 5.81. The number of hydrogen-bond donors (Lipinski definition) is 1. The summed E-state index contributed by atoms with van der Waals surface area (Å²) in [4.78, 5) is 6.90. The lowest BCUT2D eigenvalue weighted by Crippen LogP contribution is -2.35. The van der Waals surface area contributed by atoms with E-state index in [0.717, 1.165) is 37.1 Å². The number of anilines is 1. The molecule has 0 aliphatic carbocycles. The van der Waals surface area contributed by atoms with Gasteiger partial charge in [0.05, 0.1) is 6.10 Å². The lowest BCUT2D eigenvalue weighted by molar-refractivity contribution is 0.241. The van der Waals surface area contributed by atoms with Crippen LogP contribution in [-0.4, -0.2) is 37.8 Å². The van der Waals surface area contributed by atoms with Crippen molar-refractivity contribution in [2.24, 2.45) is 5.92 Å². The number of pyridine rings is 1. The molecule has 0 spiro atoms. The first-order chi connectivity index (χ1) is 9.70. The second-order valence-corrected chi connectivity index (χ2v) is 5.81. The van der Waals surface area contributed by atoms with Crippen molar-refractivity contribution in [3.8, 4) is 5.75 Å². The van der Waals surface area contributed by atoms with Crippen molar-refractivity contribution in [3.63, 3.8) is 0 Å². The van der Waals surface area contributed by atoms with Crippen LogP contribution in [0.25, 0.3) is 0 Å². The van der Waals surface area contributed by atoms with Crippen LogP contribution in [-0.2, 0) is 0 Å². The molecule has 0 unspecified atom stereocenters. The molecule has 0 bridgehead atoms. The van der Waals surface area contributed by atoms with Gasteiger partial charge in [0.2, 0.25) is 0 Å². The summed E-state index contributed by atoms with van der Waals surface area (Å²) in [5.74, 6) is 2.77. The minimum absolute atomic E-state index is 0.186. The third-order valence-electron chi connectivity index (χ3n) is 3.83. The molecule has 0 atom stereocenters. The Kier molecular flexibility index (Phi) is 5.65. The summed E-state index contributed by atoms with van der Waals surface area (Å²) in [6, 6.07) is 3.97. The molecule has 0 aromatic carbocycles. The molecule has 2 rings (SSSR count). The highest BCUT2D eigenvalue weighted by molar-refractivity contribution is 5.52. The van der Waals surface area contributed by atoms with Crippen LogP contribution >= 0.6 is 0 Å². The Morgan fingerprint density at radius 1 is 1.40 bits per heavy atom. The van der Waals surface area contributed by atoms with Gasteiger partial charge >= 0.3 is 0 Å². The van der Waals surface area contributed by atoms with Crippen molar-refractivity contribution >= 4 is 5.82 Å². The van der Waals surface area contributed by atoms with Crippen LogP contribution in [0.2, 0.25) is 0 Å². The van der Waals surface area contributed by atoms with Gasteiger partial charge < -0.3 is 15.0 Å². The Balaban J connectivity index is 1.96. The molecule has 0 saturated carbocycles. The van der Waals surface area contributed by atoms with E-state index in [4.69, 9.17) is 4.74 Å². The number of piperidine rings is 1. The maximum absolute atomic E-state index is 5.88. The van der Waals surface area contributed by atoms with Crippen molar-refractivity contribution < 1.29 is 4.74 Å². The zero-order valence-electron chi connectivity index (χ0n) is 12.9. The van der Waals surface area contributed by atoms with Gasteiger partial charge in [0.1, 0.15) is 0 Å². The fourth-order valence-electron chi connectivity index (χ4n) is 2.75. The molecular weight excluding hydrogens is 250 g/mol. The highest BCUT2D eigenvalue weighted by Crippen LogP contribution is 2.30. The molecule has 1 aromatic heterocycles. The number of aromatic nitrogens is 1. The summed E-state index contributed by atoms with van der Waals surface area (Å²) >= 11 is 0. The first-order valence-electron chi connectivity index (χ1n) is 7.72. The Morgan fingerprint density at radius 2 is 2.15 bits per heavy atom. The number of rotatable bonds is 6. The van der Waals surface area contributed by atoms with Crippen LogP contribution in [0, 0.1) is 5.92 Å². The summed E-state index contributed by atoms with van der Waals surface area (Å²) in [5, 5.41) is 3.24. The van der Waals surface area contributed by atoms with Gasteiger partial charge in [-0.2, -0.15) is 0 Å². The van der Waals surface area contributed by atoms with Gasteiger partial charge in [0.15, 0.2) is 11.6 Å². The predicted octanol–water partition coefficient (Wildman–Crippen LogP) is 2.69. The highest BCUT2D eigenvalue weighted by atomic mass is 16.5. The summed E-state index contributed by atoms with van der Waals surface area (Å²) in [5.41, 5.74) is 0. The van der Waals surface area contributed by atoms with E-state index in [0.29, 0.717) is 0 Å². The maximum Gasteiger partial charge on any atom is 0.171 e. The van der Waals surface area contributed by atoms with E-state index in [1.165, 1.54) is 19.3 Å². The van der Waals surface area contributed by atoms with Crippen molar-refractivity contribution in [1.29, 1.82) is 0 Å². The zero-order chi connectivity index (χ0) is 14.4. The Morgan fingerprint density at radius 3 is 2.80 bits per heavy atom. The van der Waals surface area contributed by atoms with E-state index in [1.54, 1.807) is 0 Å². The van der Waals surface area contributed by atoms with Crippen LogP contribution in [0.5, 0.6) is 5.75 Å². The smallest absolute Gasteiger partial charge is 0.171 e. The van der Waals surface area contributed by atoms with Crippen molar-refractivity contribution in [2.75, 3.05) is 31.6 Å². The molecule has 2 heterocycles. The largest absolute Gasteiger partial charge is 0.487 e. The molecule has 0 radical (unpaired) electrons. The molecule has 1 N–H and O–H groups in total. The van der Waals surface area contributed by atoms with Gasteiger partial charge in [-0.25, -0.2) is 4.98 Å². The number of nitrogens with one attached hydrogen (secondary N) is 1. The Hall–Kier alpha value is -1.29. The summed E-state index contributed by atoms with van der Waals surface area (Å²) in [6.45, 7) is 7.40. The molecule has 1 saturated heterocycles. The summed E-state index contributed by atoms with van der Waals surface area (Å²) in [7, 11) is 2.03. The molecular formula is C16H27N3O. The predicted molar refractivity (Wildman–Crippen MR) is 83.5 cm³/mol. The number of ether oxygens (including phenoxy) is 1. The molecule has 1 aromatic rings. The second kappa shape index (κ2) is 7.48. The van der Waals surface area contributed by atoms with Gasteiger partial charge in [-0.1, -0.05) is 0 Å². The molecule has 1 aliphatic heterocycles. The fraction of sp³-hybridized carbons (Fsp3) is 0.688. The number of hydrogen-bond acceptors (Lipinski definition) is 4. The van der Waals surface area contributed by atoms with E-state index >= 15 is 0 Å². The maximum atomic E-state index is 5.88. The van der Waals surface area contributed by atoms with Gasteiger partial charge in [0.25, 0.3) is 0 Å². The lowest BCUT2D eigenvalue weighted by Gasteiger charge is -2.33. The molecule has 1 aliphatic rings. The van der Waals surface area contributed by atoms with Crippen LogP contribution in [0.4, 0.5) is 5.82 Å². The molecule has 0 amide bonds. The van der Waals surface area contributed by atoms with E-state index in [1.807, 2.05) is 25.4 Å². The minimum atomic E-state index is 0.186. The van der Waals surface area contributed by atoms with E-state index < -0.39 is 0 Å². The Labute approximate surface area is 122 Å². The fourth-order valence-corrected chi connectivity index (χ4v) is 2.75. The van der Waals surface area contributed by atoms with E-state index in [-0.39, 0.29) is 6.10 Å². The van der Waals surface area contributed by atoms with Crippen LogP contribution < -0.4 is 15.0 Å². The molecule has 112 valence electrons. The van der Waals surface area contributed by atoms with Gasteiger partial charge in [0, 0.05) is 19.3 Å². The first kappa shape index (κ1) is 15.1. The molecule has 1 fully saturated rings. The average Bonchev–Trinajstić information content (AvgIpc) is 2.46. The van der Waals surface area contributed by atoms with Crippen LogP contribution in [0.3, 0.4) is 0 Å². The Bertz CT molecular complexity index is 400. The van der Waals surface area contributed by atoms with Gasteiger partial charge in [-0.15, -0.1) is 0 Å². The summed E-state index contributed by atoms with van der Waals surface area (Å²) < 4.78 is 5.88. The van der Waals surface area contributed by atoms with Gasteiger partial charge in [-0.05, 0) is 64.8 Å². The monoisotopic (exact) mass is 277 g/mol. The lowest BCUT2D eigenvalue weighted by atomic mass is 9.93.